The fourth-order valence-electron chi connectivity index (χ4n) is 2.35. The Balaban J connectivity index is 1.56. The number of hydrogen-bond acceptors (Lipinski definition) is 7. The van der Waals surface area contributed by atoms with Gasteiger partial charge in [-0.2, -0.15) is 9.61 Å². The Hall–Kier alpha value is -3.00. The van der Waals surface area contributed by atoms with Crippen LogP contribution in [0.3, 0.4) is 0 Å². The summed E-state index contributed by atoms with van der Waals surface area (Å²) in [5.41, 5.74) is 0.731. The smallest absolute Gasteiger partial charge is 0.235 e. The van der Waals surface area contributed by atoms with Crippen molar-refractivity contribution in [3.63, 3.8) is 0 Å². The minimum Gasteiger partial charge on any atom is -0.490 e. The van der Waals surface area contributed by atoms with Crippen molar-refractivity contribution in [1.29, 1.82) is 0 Å². The summed E-state index contributed by atoms with van der Waals surface area (Å²) in [6, 6.07) is 13.2. The standard InChI is InChI=1S/C17H15N5O2S/c1-2-23-13-8-3-4-9-14(13)24-11-15-21-22-16(19-20-17(22)25-15)12-7-5-6-10-18-12/h3-10H,2,11H2,1H3. The van der Waals surface area contributed by atoms with Gasteiger partial charge in [0.05, 0.1) is 6.61 Å². The van der Waals surface area contributed by atoms with Gasteiger partial charge in [-0.25, -0.2) is 0 Å². The van der Waals surface area contributed by atoms with Crippen LogP contribution in [0.2, 0.25) is 0 Å². The number of aromatic nitrogens is 5. The second kappa shape index (κ2) is 6.86. The highest BCUT2D eigenvalue weighted by atomic mass is 32.1. The van der Waals surface area contributed by atoms with Crippen LogP contribution < -0.4 is 9.47 Å². The SMILES string of the molecule is CCOc1ccccc1OCc1nn2c(-c3ccccn3)nnc2s1. The molecule has 0 spiro atoms. The van der Waals surface area contributed by atoms with E-state index in [0.29, 0.717) is 29.7 Å². The van der Waals surface area contributed by atoms with Crippen molar-refractivity contribution in [2.24, 2.45) is 0 Å². The third kappa shape index (κ3) is 3.16. The zero-order valence-corrected chi connectivity index (χ0v) is 14.3. The Morgan fingerprint density at radius 2 is 1.80 bits per heavy atom. The van der Waals surface area contributed by atoms with Crippen molar-refractivity contribution in [3.05, 3.63) is 53.7 Å². The minimum absolute atomic E-state index is 0.333. The lowest BCUT2D eigenvalue weighted by Crippen LogP contribution is -2.00. The molecule has 7 nitrogen and oxygen atoms in total. The Morgan fingerprint density at radius 1 is 1.00 bits per heavy atom. The summed E-state index contributed by atoms with van der Waals surface area (Å²) in [6.07, 6.45) is 1.72. The Morgan fingerprint density at radius 3 is 2.56 bits per heavy atom. The number of ether oxygens (including phenoxy) is 2. The van der Waals surface area contributed by atoms with Crippen molar-refractivity contribution in [2.45, 2.75) is 13.5 Å². The maximum atomic E-state index is 5.87. The Bertz CT molecular complexity index is 983. The van der Waals surface area contributed by atoms with E-state index in [2.05, 4.69) is 20.3 Å². The molecule has 3 heterocycles. The van der Waals surface area contributed by atoms with Gasteiger partial charge in [-0.05, 0) is 31.2 Å². The third-order valence-electron chi connectivity index (χ3n) is 3.43. The molecule has 0 saturated heterocycles. The molecule has 0 atom stereocenters. The van der Waals surface area contributed by atoms with Gasteiger partial charge >= 0.3 is 0 Å². The van der Waals surface area contributed by atoms with E-state index >= 15 is 0 Å². The van der Waals surface area contributed by atoms with E-state index in [4.69, 9.17) is 9.47 Å². The molecular weight excluding hydrogens is 338 g/mol. The molecule has 126 valence electrons. The average molecular weight is 353 g/mol. The summed E-state index contributed by atoms with van der Waals surface area (Å²) in [4.78, 5) is 5.01. The minimum atomic E-state index is 0.333. The van der Waals surface area contributed by atoms with Crippen molar-refractivity contribution in [3.8, 4) is 23.0 Å². The normalized spacial score (nSPS) is 10.9. The van der Waals surface area contributed by atoms with Crippen LogP contribution in [-0.4, -0.2) is 31.4 Å². The van der Waals surface area contributed by atoms with Gasteiger partial charge in [0, 0.05) is 6.20 Å². The van der Waals surface area contributed by atoms with Gasteiger partial charge < -0.3 is 9.47 Å². The maximum absolute atomic E-state index is 5.87. The summed E-state index contributed by atoms with van der Waals surface area (Å²) < 4.78 is 13.1. The lowest BCUT2D eigenvalue weighted by molar-refractivity contribution is 0.268. The van der Waals surface area contributed by atoms with Crippen LogP contribution in [0.1, 0.15) is 11.9 Å². The molecule has 1 aromatic carbocycles. The molecule has 0 aliphatic heterocycles. The molecule has 4 rings (SSSR count). The van der Waals surface area contributed by atoms with Crippen LogP contribution in [0, 0.1) is 0 Å². The Kier molecular flexibility index (Phi) is 4.26. The van der Waals surface area contributed by atoms with Crippen molar-refractivity contribution in [2.75, 3.05) is 6.61 Å². The van der Waals surface area contributed by atoms with Crippen molar-refractivity contribution in [1.82, 2.24) is 24.8 Å². The molecule has 0 aliphatic carbocycles. The van der Waals surface area contributed by atoms with Gasteiger partial charge in [-0.15, -0.1) is 10.2 Å². The molecule has 0 saturated carbocycles. The van der Waals surface area contributed by atoms with Crippen LogP contribution >= 0.6 is 11.3 Å². The van der Waals surface area contributed by atoms with Gasteiger partial charge in [0.25, 0.3) is 0 Å². The number of nitrogens with zero attached hydrogens (tertiary/aromatic N) is 5. The molecule has 0 N–H and O–H groups in total. The van der Waals surface area contributed by atoms with Crippen LogP contribution in [0.15, 0.2) is 48.7 Å². The summed E-state index contributed by atoms with van der Waals surface area (Å²) in [5.74, 6) is 2.04. The molecule has 0 unspecified atom stereocenters. The van der Waals surface area contributed by atoms with Crippen LogP contribution in [-0.2, 0) is 6.61 Å². The fraction of sp³-hybridized carbons (Fsp3) is 0.176. The topological polar surface area (TPSA) is 74.4 Å². The first-order valence-electron chi connectivity index (χ1n) is 7.82. The lowest BCUT2D eigenvalue weighted by atomic mass is 10.3. The van der Waals surface area contributed by atoms with E-state index in [1.807, 2.05) is 49.4 Å². The number of hydrogen-bond donors (Lipinski definition) is 0. The van der Waals surface area contributed by atoms with Crippen LogP contribution in [0.4, 0.5) is 0 Å². The molecular formula is C17H15N5O2S. The van der Waals surface area contributed by atoms with E-state index in [1.165, 1.54) is 11.3 Å². The first kappa shape index (κ1) is 15.5. The van der Waals surface area contributed by atoms with Crippen molar-refractivity contribution < 1.29 is 9.47 Å². The summed E-state index contributed by atoms with van der Waals surface area (Å²) in [6.45, 7) is 2.86. The monoisotopic (exact) mass is 353 g/mol. The van der Waals surface area contributed by atoms with Crippen molar-refractivity contribution >= 4 is 16.3 Å². The second-order valence-electron chi connectivity index (χ2n) is 5.10. The highest BCUT2D eigenvalue weighted by molar-refractivity contribution is 7.16. The van der Waals surface area contributed by atoms with Gasteiger partial charge in [-0.1, -0.05) is 29.5 Å². The highest BCUT2D eigenvalue weighted by Gasteiger charge is 2.14. The van der Waals surface area contributed by atoms with Gasteiger partial charge in [0.1, 0.15) is 12.3 Å². The van der Waals surface area contributed by atoms with E-state index in [-0.39, 0.29) is 0 Å². The van der Waals surface area contributed by atoms with Gasteiger partial charge in [-0.3, -0.25) is 4.98 Å². The second-order valence-corrected chi connectivity index (χ2v) is 6.14. The first-order chi connectivity index (χ1) is 12.3. The predicted molar refractivity (Wildman–Crippen MR) is 93.8 cm³/mol. The van der Waals surface area contributed by atoms with Gasteiger partial charge in [0.2, 0.25) is 10.8 Å². The van der Waals surface area contributed by atoms with Gasteiger partial charge in [0.15, 0.2) is 16.5 Å². The lowest BCUT2D eigenvalue weighted by Gasteiger charge is -2.10. The molecule has 4 aromatic rings. The number of fused-ring (bicyclic) bond motifs is 1. The van der Waals surface area contributed by atoms with Crippen LogP contribution in [0.25, 0.3) is 16.5 Å². The third-order valence-corrected chi connectivity index (χ3v) is 4.30. The largest absolute Gasteiger partial charge is 0.490 e. The molecule has 0 bridgehead atoms. The van der Waals surface area contributed by atoms with E-state index in [9.17, 15) is 0 Å². The zero-order chi connectivity index (χ0) is 17.1. The zero-order valence-electron chi connectivity index (χ0n) is 13.5. The molecule has 0 radical (unpaired) electrons. The molecule has 8 heteroatoms. The first-order valence-corrected chi connectivity index (χ1v) is 8.64. The number of benzene rings is 1. The van der Waals surface area contributed by atoms with E-state index in [1.54, 1.807) is 10.7 Å². The van der Waals surface area contributed by atoms with Crippen LogP contribution in [0.5, 0.6) is 11.5 Å². The summed E-state index contributed by atoms with van der Waals surface area (Å²) in [5, 5.41) is 13.7. The van der Waals surface area contributed by atoms with E-state index in [0.717, 1.165) is 16.5 Å². The molecule has 0 amide bonds. The van der Waals surface area contributed by atoms with E-state index < -0.39 is 0 Å². The molecule has 3 aromatic heterocycles. The molecule has 0 aliphatic rings. The maximum Gasteiger partial charge on any atom is 0.235 e. The number of para-hydroxylation sites is 2. The quantitative estimate of drug-likeness (QED) is 0.530. The highest BCUT2D eigenvalue weighted by Crippen LogP contribution is 2.28. The Labute approximate surface area is 147 Å². The molecule has 25 heavy (non-hydrogen) atoms. The average Bonchev–Trinajstić information content (AvgIpc) is 3.22. The molecule has 0 fully saturated rings. The predicted octanol–water partition coefficient (Wildman–Crippen LogP) is 3.23. The fourth-order valence-corrected chi connectivity index (χ4v) is 3.10. The summed E-state index contributed by atoms with van der Waals surface area (Å²) in [7, 11) is 0. The summed E-state index contributed by atoms with van der Waals surface area (Å²) >= 11 is 1.44. The number of rotatable bonds is 6. The number of pyridine rings is 1.